The van der Waals surface area contributed by atoms with Crippen LogP contribution in [0.5, 0.6) is 0 Å². The van der Waals surface area contributed by atoms with Gasteiger partial charge in [-0.3, -0.25) is 4.98 Å². The second kappa shape index (κ2) is 5.39. The Balaban J connectivity index is 2.12. The molecule has 0 unspecified atom stereocenters. The van der Waals surface area contributed by atoms with Crippen molar-refractivity contribution < 1.29 is 0 Å². The van der Waals surface area contributed by atoms with E-state index in [1.807, 2.05) is 12.4 Å². The van der Waals surface area contributed by atoms with Gasteiger partial charge in [0.05, 0.1) is 23.8 Å². The lowest BCUT2D eigenvalue weighted by atomic mass is 10.2. The quantitative estimate of drug-likeness (QED) is 0.818. The first kappa shape index (κ1) is 12.2. The smallest absolute Gasteiger partial charge is 0.0575 e. The Kier molecular flexibility index (Phi) is 3.87. The van der Waals surface area contributed by atoms with E-state index in [1.165, 1.54) is 25.1 Å². The van der Waals surface area contributed by atoms with Crippen LogP contribution in [0.2, 0.25) is 0 Å². The number of nitrogens with zero attached hydrogens (tertiary/aromatic N) is 2. The van der Waals surface area contributed by atoms with Crippen molar-refractivity contribution in [3.05, 3.63) is 18.5 Å². The maximum Gasteiger partial charge on any atom is 0.0575 e. The molecule has 2 rings (SSSR count). The molecule has 1 aliphatic carbocycles. The molecule has 17 heavy (non-hydrogen) atoms. The van der Waals surface area contributed by atoms with Crippen LogP contribution in [0.25, 0.3) is 0 Å². The van der Waals surface area contributed by atoms with Crippen LogP contribution in [0.4, 0.5) is 11.4 Å². The first-order chi connectivity index (χ1) is 8.20. The van der Waals surface area contributed by atoms with Crippen molar-refractivity contribution in [1.82, 2.24) is 4.98 Å². The molecule has 0 amide bonds. The summed E-state index contributed by atoms with van der Waals surface area (Å²) in [7, 11) is 0. The van der Waals surface area contributed by atoms with Crippen molar-refractivity contribution in [2.75, 3.05) is 23.3 Å². The minimum Gasteiger partial charge on any atom is -0.384 e. The maximum absolute atomic E-state index is 4.33. The van der Waals surface area contributed by atoms with Crippen LogP contribution in [-0.2, 0) is 0 Å². The fraction of sp³-hybridized carbons (Fsp3) is 0.643. The monoisotopic (exact) mass is 233 g/mol. The van der Waals surface area contributed by atoms with E-state index in [1.54, 1.807) is 0 Å². The fourth-order valence-electron chi connectivity index (χ4n) is 2.08. The van der Waals surface area contributed by atoms with Gasteiger partial charge in [0.2, 0.25) is 0 Å². The number of rotatable bonds is 6. The van der Waals surface area contributed by atoms with Crippen molar-refractivity contribution in [2.45, 2.75) is 39.7 Å². The minimum atomic E-state index is 0.536. The SMILES string of the molecule is CCNc1cncc(N(CC2CC2)C(C)C)c1. The highest BCUT2D eigenvalue weighted by molar-refractivity contribution is 5.56. The first-order valence-electron chi connectivity index (χ1n) is 6.66. The van der Waals surface area contributed by atoms with Gasteiger partial charge >= 0.3 is 0 Å². The molecule has 1 heterocycles. The van der Waals surface area contributed by atoms with E-state index in [9.17, 15) is 0 Å². The molecule has 1 aromatic rings. The molecule has 1 N–H and O–H groups in total. The Morgan fingerprint density at radius 3 is 2.76 bits per heavy atom. The fourth-order valence-corrected chi connectivity index (χ4v) is 2.08. The van der Waals surface area contributed by atoms with Gasteiger partial charge in [0.15, 0.2) is 0 Å². The Hall–Kier alpha value is -1.25. The summed E-state index contributed by atoms with van der Waals surface area (Å²) in [6.45, 7) is 8.73. The maximum atomic E-state index is 4.33. The summed E-state index contributed by atoms with van der Waals surface area (Å²) < 4.78 is 0. The summed E-state index contributed by atoms with van der Waals surface area (Å²) in [5.74, 6) is 0.903. The second-order valence-electron chi connectivity index (χ2n) is 5.15. The molecule has 1 aromatic heterocycles. The van der Waals surface area contributed by atoms with Gasteiger partial charge in [0, 0.05) is 19.1 Å². The molecule has 0 atom stereocenters. The van der Waals surface area contributed by atoms with Crippen LogP contribution in [0.3, 0.4) is 0 Å². The van der Waals surface area contributed by atoms with Crippen molar-refractivity contribution in [3.63, 3.8) is 0 Å². The zero-order valence-electron chi connectivity index (χ0n) is 11.1. The lowest BCUT2D eigenvalue weighted by Gasteiger charge is -2.29. The zero-order valence-corrected chi connectivity index (χ0v) is 11.1. The molecule has 1 fully saturated rings. The molecule has 0 aliphatic heterocycles. The van der Waals surface area contributed by atoms with Crippen LogP contribution in [0, 0.1) is 5.92 Å². The van der Waals surface area contributed by atoms with Crippen molar-refractivity contribution in [1.29, 1.82) is 0 Å². The van der Waals surface area contributed by atoms with Crippen LogP contribution in [0.15, 0.2) is 18.5 Å². The highest BCUT2D eigenvalue weighted by atomic mass is 15.2. The average molecular weight is 233 g/mol. The number of hydrogen-bond donors (Lipinski definition) is 1. The Bertz CT molecular complexity index is 358. The minimum absolute atomic E-state index is 0.536. The van der Waals surface area contributed by atoms with Gasteiger partial charge in [-0.05, 0) is 45.6 Å². The highest BCUT2D eigenvalue weighted by Gasteiger charge is 2.25. The van der Waals surface area contributed by atoms with Gasteiger partial charge < -0.3 is 10.2 Å². The van der Waals surface area contributed by atoms with Gasteiger partial charge in [0.1, 0.15) is 0 Å². The van der Waals surface area contributed by atoms with Crippen LogP contribution < -0.4 is 10.2 Å². The third-order valence-corrected chi connectivity index (χ3v) is 3.21. The third kappa shape index (κ3) is 3.35. The number of pyridine rings is 1. The Morgan fingerprint density at radius 1 is 1.41 bits per heavy atom. The van der Waals surface area contributed by atoms with Crippen molar-refractivity contribution in [2.24, 2.45) is 5.92 Å². The first-order valence-corrected chi connectivity index (χ1v) is 6.66. The van der Waals surface area contributed by atoms with Crippen molar-refractivity contribution >= 4 is 11.4 Å². The summed E-state index contributed by atoms with van der Waals surface area (Å²) in [6, 6.07) is 2.74. The van der Waals surface area contributed by atoms with Crippen LogP contribution in [-0.4, -0.2) is 24.1 Å². The van der Waals surface area contributed by atoms with Gasteiger partial charge in [0.25, 0.3) is 0 Å². The van der Waals surface area contributed by atoms with Gasteiger partial charge in [-0.2, -0.15) is 0 Å². The molecular weight excluding hydrogens is 210 g/mol. The molecule has 3 heteroatoms. The predicted molar refractivity (Wildman–Crippen MR) is 73.6 cm³/mol. The third-order valence-electron chi connectivity index (χ3n) is 3.21. The van der Waals surface area contributed by atoms with Crippen molar-refractivity contribution in [3.8, 4) is 0 Å². The molecule has 94 valence electrons. The zero-order chi connectivity index (χ0) is 12.3. The molecule has 0 bridgehead atoms. The van der Waals surface area contributed by atoms with Crippen LogP contribution >= 0.6 is 0 Å². The molecule has 0 radical (unpaired) electrons. The molecular formula is C14H23N3. The second-order valence-corrected chi connectivity index (χ2v) is 5.15. The molecule has 0 aromatic carbocycles. The van der Waals surface area contributed by atoms with Gasteiger partial charge in [-0.1, -0.05) is 0 Å². The number of hydrogen-bond acceptors (Lipinski definition) is 3. The lowest BCUT2D eigenvalue weighted by Crippen LogP contribution is -2.32. The number of aromatic nitrogens is 1. The average Bonchev–Trinajstić information content (AvgIpc) is 3.10. The Morgan fingerprint density at radius 2 is 2.18 bits per heavy atom. The van der Waals surface area contributed by atoms with E-state index in [4.69, 9.17) is 0 Å². The summed E-state index contributed by atoms with van der Waals surface area (Å²) in [4.78, 5) is 6.79. The number of nitrogens with one attached hydrogen (secondary N) is 1. The van der Waals surface area contributed by atoms with E-state index in [2.05, 4.69) is 42.0 Å². The molecule has 1 saturated carbocycles. The van der Waals surface area contributed by atoms with E-state index in [0.29, 0.717) is 6.04 Å². The standard InChI is InChI=1S/C14H23N3/c1-4-16-13-7-14(9-15-8-13)17(11(2)3)10-12-5-6-12/h7-9,11-12,16H,4-6,10H2,1-3H3. The van der Waals surface area contributed by atoms with E-state index in [-0.39, 0.29) is 0 Å². The van der Waals surface area contributed by atoms with E-state index >= 15 is 0 Å². The van der Waals surface area contributed by atoms with E-state index < -0.39 is 0 Å². The van der Waals surface area contributed by atoms with Crippen LogP contribution in [0.1, 0.15) is 33.6 Å². The summed E-state index contributed by atoms with van der Waals surface area (Å²) in [5, 5.41) is 3.32. The van der Waals surface area contributed by atoms with Gasteiger partial charge in [-0.25, -0.2) is 0 Å². The molecule has 3 nitrogen and oxygen atoms in total. The lowest BCUT2D eigenvalue weighted by molar-refractivity contribution is 0.644. The summed E-state index contributed by atoms with van der Waals surface area (Å²) in [5.41, 5.74) is 2.36. The largest absolute Gasteiger partial charge is 0.384 e. The number of anilines is 2. The highest BCUT2D eigenvalue weighted by Crippen LogP contribution is 2.32. The van der Waals surface area contributed by atoms with E-state index in [0.717, 1.165) is 18.2 Å². The topological polar surface area (TPSA) is 28.2 Å². The predicted octanol–water partition coefficient (Wildman–Crippen LogP) is 3.14. The normalized spacial score (nSPS) is 15.1. The Labute approximate surface area is 104 Å². The summed E-state index contributed by atoms with van der Waals surface area (Å²) >= 11 is 0. The van der Waals surface area contributed by atoms with Gasteiger partial charge in [-0.15, -0.1) is 0 Å². The summed E-state index contributed by atoms with van der Waals surface area (Å²) in [6.07, 6.45) is 6.65. The molecule has 1 aliphatic rings. The molecule has 0 saturated heterocycles. The molecule has 0 spiro atoms.